The third-order valence-corrected chi connectivity index (χ3v) is 4.57. The maximum absolute atomic E-state index is 14.5. The molecule has 0 amide bonds. The van der Waals surface area contributed by atoms with Crippen molar-refractivity contribution in [2.24, 2.45) is 7.05 Å². The van der Waals surface area contributed by atoms with Gasteiger partial charge in [0.2, 0.25) is 5.82 Å². The minimum atomic E-state index is -4.81. The second-order valence-corrected chi connectivity index (χ2v) is 6.86. The van der Waals surface area contributed by atoms with Gasteiger partial charge in [-0.05, 0) is 6.07 Å². The zero-order valence-electron chi connectivity index (χ0n) is 16.3. The summed E-state index contributed by atoms with van der Waals surface area (Å²) < 4.78 is 57.9. The maximum atomic E-state index is 14.5. The molecule has 32 heavy (non-hydrogen) atoms. The molecule has 0 unspecified atom stereocenters. The summed E-state index contributed by atoms with van der Waals surface area (Å²) in [6.45, 7) is 0.125. The van der Waals surface area contributed by atoms with Gasteiger partial charge in [0.25, 0.3) is 10.9 Å². The molecule has 0 radical (unpaired) electrons. The minimum absolute atomic E-state index is 0.0153. The van der Waals surface area contributed by atoms with Crippen LogP contribution in [0, 0.1) is 5.82 Å². The predicted octanol–water partition coefficient (Wildman–Crippen LogP) is 2.45. The number of nitrogens with zero attached hydrogens (tertiary/aromatic N) is 4. The number of aryl methyl sites for hydroxylation is 1. The summed E-state index contributed by atoms with van der Waals surface area (Å²) in [5, 5.41) is 12.8. The Morgan fingerprint density at radius 3 is 2.34 bits per heavy atom. The van der Waals surface area contributed by atoms with E-state index in [1.54, 1.807) is 24.1 Å². The number of hydrogen-bond donors (Lipinski definition) is 2. The maximum Gasteiger partial charge on any atom is 0.471 e. The van der Waals surface area contributed by atoms with Gasteiger partial charge >= 0.3 is 12.1 Å². The van der Waals surface area contributed by atoms with Crippen molar-refractivity contribution in [2.75, 3.05) is 10.6 Å². The van der Waals surface area contributed by atoms with Gasteiger partial charge in [-0.2, -0.15) is 23.3 Å². The van der Waals surface area contributed by atoms with Crippen LogP contribution in [-0.2, 0) is 26.3 Å². The lowest BCUT2D eigenvalue weighted by Crippen LogP contribution is -2.37. The Bertz CT molecular complexity index is 1350. The summed E-state index contributed by atoms with van der Waals surface area (Å²) >= 11 is 0. The minimum Gasteiger partial charge on any atom is -0.376 e. The third kappa shape index (κ3) is 4.08. The topological polar surface area (TPSA) is 115 Å². The van der Waals surface area contributed by atoms with Gasteiger partial charge in [-0.15, -0.1) is 0 Å². The van der Waals surface area contributed by atoms with Gasteiger partial charge in [0.05, 0.1) is 6.20 Å². The molecule has 4 aromatic rings. The molecule has 0 fully saturated rings. The van der Waals surface area contributed by atoms with E-state index in [-0.39, 0.29) is 35.6 Å². The van der Waals surface area contributed by atoms with Crippen LogP contribution in [0.25, 0.3) is 11.4 Å². The summed E-state index contributed by atoms with van der Waals surface area (Å²) in [4.78, 5) is 26.9. The molecular formula is C19H14F4N6O3. The van der Waals surface area contributed by atoms with E-state index in [0.29, 0.717) is 0 Å². The van der Waals surface area contributed by atoms with Gasteiger partial charge in [0.15, 0.2) is 0 Å². The molecule has 0 saturated carbocycles. The highest BCUT2D eigenvalue weighted by molar-refractivity contribution is 5.74. The summed E-state index contributed by atoms with van der Waals surface area (Å²) in [5.41, 5.74) is -0.425. The first kappa shape index (κ1) is 21.2. The number of nitrogens with one attached hydrogen (secondary N) is 2. The van der Waals surface area contributed by atoms with Crippen LogP contribution in [0.15, 0.2) is 44.7 Å². The molecule has 2 aromatic carbocycles. The molecule has 2 N–H and O–H groups in total. The highest BCUT2D eigenvalue weighted by Gasteiger charge is 2.38. The highest BCUT2D eigenvalue weighted by Crippen LogP contribution is 2.30. The van der Waals surface area contributed by atoms with E-state index in [0.717, 1.165) is 11.6 Å². The van der Waals surface area contributed by atoms with E-state index in [9.17, 15) is 27.2 Å². The van der Waals surface area contributed by atoms with Crippen LogP contribution >= 0.6 is 0 Å². The van der Waals surface area contributed by atoms with Crippen LogP contribution in [0.5, 0.6) is 0 Å². The average Bonchev–Trinajstić information content (AvgIpc) is 3.40. The van der Waals surface area contributed by atoms with Crippen molar-refractivity contribution in [1.29, 1.82) is 0 Å². The number of alkyl halides is 3. The fourth-order valence-corrected chi connectivity index (χ4v) is 2.95. The molecular weight excluding hydrogens is 436 g/mol. The van der Waals surface area contributed by atoms with E-state index >= 15 is 0 Å². The Labute approximate surface area is 176 Å². The van der Waals surface area contributed by atoms with Gasteiger partial charge in [-0.1, -0.05) is 17.3 Å². The van der Waals surface area contributed by atoms with Crippen molar-refractivity contribution in [3.8, 4) is 11.4 Å². The Kier molecular flexibility index (Phi) is 5.24. The first-order valence-corrected chi connectivity index (χ1v) is 9.11. The summed E-state index contributed by atoms with van der Waals surface area (Å²) in [6, 6.07) is 3.57. The number of rotatable bonds is 7. The zero-order chi connectivity index (χ0) is 23.0. The van der Waals surface area contributed by atoms with E-state index in [2.05, 4.69) is 30.4 Å². The highest BCUT2D eigenvalue weighted by atomic mass is 19.4. The van der Waals surface area contributed by atoms with Gasteiger partial charge in [-0.3, -0.25) is 14.3 Å². The first-order chi connectivity index (χ1) is 15.1. The largest absolute Gasteiger partial charge is 0.471 e. The Morgan fingerprint density at radius 2 is 1.78 bits per heavy atom. The fourth-order valence-electron chi connectivity index (χ4n) is 2.95. The molecule has 0 aliphatic rings. The molecule has 13 heteroatoms. The summed E-state index contributed by atoms with van der Waals surface area (Å²) in [7, 11) is 1.74. The Balaban J connectivity index is 1.44. The summed E-state index contributed by atoms with van der Waals surface area (Å²) in [6.07, 6.45) is -1.47. The lowest BCUT2D eigenvalue weighted by Gasteiger charge is -2.15. The molecule has 2 aromatic heterocycles. The summed E-state index contributed by atoms with van der Waals surface area (Å²) in [5.74, 6) is -2.72. The van der Waals surface area contributed by atoms with Crippen molar-refractivity contribution in [2.45, 2.75) is 19.3 Å². The molecule has 2 heterocycles. The predicted molar refractivity (Wildman–Crippen MR) is 104 cm³/mol. The SMILES string of the molecule is Cn1cc(CNc2c(NCc3ccc(-c4noc(C(F)(F)F)n4)cc3F)c(=O)c2=O)cn1. The Hall–Kier alpha value is -4.03. The second-order valence-electron chi connectivity index (χ2n) is 6.86. The van der Waals surface area contributed by atoms with Crippen LogP contribution in [-0.4, -0.2) is 19.9 Å². The van der Waals surface area contributed by atoms with E-state index in [4.69, 9.17) is 0 Å². The van der Waals surface area contributed by atoms with Crippen molar-refractivity contribution < 1.29 is 22.1 Å². The zero-order valence-corrected chi connectivity index (χ0v) is 16.3. The van der Waals surface area contributed by atoms with E-state index < -0.39 is 34.6 Å². The molecule has 9 nitrogen and oxygen atoms in total. The molecule has 4 rings (SSSR count). The molecule has 0 atom stereocenters. The van der Waals surface area contributed by atoms with Crippen LogP contribution in [0.4, 0.5) is 28.9 Å². The molecule has 0 aliphatic heterocycles. The number of hydrogen-bond acceptors (Lipinski definition) is 8. The number of aromatic nitrogens is 4. The first-order valence-electron chi connectivity index (χ1n) is 9.11. The number of anilines is 2. The van der Waals surface area contributed by atoms with Gasteiger partial charge in [-0.25, -0.2) is 4.39 Å². The molecule has 166 valence electrons. The number of benzene rings is 1. The molecule has 0 saturated heterocycles. The standard InChI is InChI=1S/C19H14F4N6O3/c1-29-8-9(6-26-29)5-24-13-14(16(31)15(13)30)25-7-11-3-2-10(4-12(11)20)17-27-18(32-28-17)19(21,22)23/h2-4,6,8,24-25H,5,7H2,1H3. The van der Waals surface area contributed by atoms with Gasteiger partial charge < -0.3 is 15.2 Å². The van der Waals surface area contributed by atoms with Crippen molar-refractivity contribution in [1.82, 2.24) is 19.9 Å². The van der Waals surface area contributed by atoms with Crippen LogP contribution < -0.4 is 21.5 Å². The fraction of sp³-hybridized carbons (Fsp3) is 0.211. The normalized spacial score (nSPS) is 11.8. The monoisotopic (exact) mass is 450 g/mol. The molecule has 0 bridgehead atoms. The average molecular weight is 450 g/mol. The van der Waals surface area contributed by atoms with Gasteiger partial charge in [0, 0.05) is 43.0 Å². The lowest BCUT2D eigenvalue weighted by atomic mass is 10.1. The second kappa shape index (κ2) is 7.90. The van der Waals surface area contributed by atoms with E-state index in [1.807, 2.05) is 0 Å². The Morgan fingerprint density at radius 1 is 1.09 bits per heavy atom. The molecule has 0 spiro atoms. The van der Waals surface area contributed by atoms with Crippen molar-refractivity contribution >= 4 is 11.4 Å². The van der Waals surface area contributed by atoms with Gasteiger partial charge in [0.1, 0.15) is 17.2 Å². The van der Waals surface area contributed by atoms with E-state index in [1.165, 1.54) is 12.1 Å². The van der Waals surface area contributed by atoms with Crippen LogP contribution in [0.3, 0.4) is 0 Å². The smallest absolute Gasteiger partial charge is 0.376 e. The van der Waals surface area contributed by atoms with Crippen LogP contribution in [0.2, 0.25) is 0 Å². The van der Waals surface area contributed by atoms with Crippen molar-refractivity contribution in [3.63, 3.8) is 0 Å². The third-order valence-electron chi connectivity index (χ3n) is 4.57. The number of halogens is 4. The lowest BCUT2D eigenvalue weighted by molar-refractivity contribution is -0.159. The van der Waals surface area contributed by atoms with Crippen LogP contribution in [0.1, 0.15) is 17.0 Å². The van der Waals surface area contributed by atoms with Crippen molar-refractivity contribution in [3.05, 3.63) is 73.9 Å². The quantitative estimate of drug-likeness (QED) is 0.326. The molecule has 0 aliphatic carbocycles.